The highest BCUT2D eigenvalue weighted by Crippen LogP contribution is 2.38. The van der Waals surface area contributed by atoms with E-state index in [4.69, 9.17) is 5.11 Å². The summed E-state index contributed by atoms with van der Waals surface area (Å²) in [6.45, 7) is 0.255. The summed E-state index contributed by atoms with van der Waals surface area (Å²) in [4.78, 5) is 8.05. The first-order valence-electron chi connectivity index (χ1n) is 5.93. The molecule has 17 heavy (non-hydrogen) atoms. The number of aliphatic imine (C=N–C) groups is 1. The van der Waals surface area contributed by atoms with Crippen LogP contribution in [0.5, 0.6) is 0 Å². The third-order valence-electron chi connectivity index (χ3n) is 3.65. The fraction of sp³-hybridized carbons (Fsp3) is 0.636. The summed E-state index contributed by atoms with van der Waals surface area (Å²) >= 11 is 0. The first-order valence-corrected chi connectivity index (χ1v) is 5.93. The van der Waals surface area contributed by atoms with Gasteiger partial charge in [0.25, 0.3) is 0 Å². The number of aliphatic hydroxyl groups excluding tert-OH is 2. The number of anilines is 1. The maximum Gasteiger partial charge on any atom is 0.193 e. The molecule has 1 aromatic rings. The molecule has 92 valence electrons. The molecule has 1 aromatic heterocycles. The molecule has 1 fully saturated rings. The summed E-state index contributed by atoms with van der Waals surface area (Å²) in [5, 5.41) is 21.9. The fourth-order valence-corrected chi connectivity index (χ4v) is 2.70. The van der Waals surface area contributed by atoms with Crippen molar-refractivity contribution in [3.05, 3.63) is 12.0 Å². The third kappa shape index (κ3) is 1.73. The standard InChI is InChI=1S/C11H16N4O2/c16-4-7-1-2-8(3-7)15-6-14-9-10(15)12-5-13-11(9)17/h5-8,11,16-17H,1-4H2,(H,12,13)/t7-,8+,11?/m1/s1. The lowest BCUT2D eigenvalue weighted by molar-refractivity contribution is 0.184. The average molecular weight is 236 g/mol. The second-order valence-corrected chi connectivity index (χ2v) is 4.70. The zero-order valence-corrected chi connectivity index (χ0v) is 9.45. The van der Waals surface area contributed by atoms with Crippen molar-refractivity contribution in [2.45, 2.75) is 31.5 Å². The molecule has 0 spiro atoms. The van der Waals surface area contributed by atoms with Crippen molar-refractivity contribution >= 4 is 12.2 Å². The van der Waals surface area contributed by atoms with Crippen LogP contribution in [0.4, 0.5) is 5.82 Å². The van der Waals surface area contributed by atoms with Crippen LogP contribution < -0.4 is 5.32 Å². The Balaban J connectivity index is 1.86. The molecule has 1 saturated carbocycles. The third-order valence-corrected chi connectivity index (χ3v) is 3.65. The molecule has 1 aliphatic heterocycles. The van der Waals surface area contributed by atoms with Crippen molar-refractivity contribution in [2.24, 2.45) is 10.9 Å². The minimum absolute atomic E-state index is 0.255. The average Bonchev–Trinajstić information content (AvgIpc) is 2.94. The van der Waals surface area contributed by atoms with Crippen LogP contribution in [0.25, 0.3) is 0 Å². The highest BCUT2D eigenvalue weighted by molar-refractivity contribution is 5.77. The topological polar surface area (TPSA) is 82.7 Å². The van der Waals surface area contributed by atoms with Crippen LogP contribution in [-0.2, 0) is 0 Å². The van der Waals surface area contributed by atoms with E-state index in [0.29, 0.717) is 17.7 Å². The molecule has 6 heteroatoms. The van der Waals surface area contributed by atoms with Gasteiger partial charge in [-0.3, -0.25) is 0 Å². The van der Waals surface area contributed by atoms with E-state index in [9.17, 15) is 5.11 Å². The van der Waals surface area contributed by atoms with E-state index < -0.39 is 6.23 Å². The van der Waals surface area contributed by atoms with Crippen LogP contribution >= 0.6 is 0 Å². The van der Waals surface area contributed by atoms with Gasteiger partial charge in [0.05, 0.1) is 12.7 Å². The second kappa shape index (κ2) is 4.12. The quantitative estimate of drug-likeness (QED) is 0.704. The first-order chi connectivity index (χ1) is 8.29. The monoisotopic (exact) mass is 236 g/mol. The Morgan fingerprint density at radius 3 is 3.12 bits per heavy atom. The van der Waals surface area contributed by atoms with Crippen LogP contribution in [0, 0.1) is 5.92 Å². The molecule has 0 aromatic carbocycles. The summed E-state index contributed by atoms with van der Waals surface area (Å²) in [6.07, 6.45) is 5.45. The summed E-state index contributed by atoms with van der Waals surface area (Å²) < 4.78 is 2.05. The predicted molar refractivity (Wildman–Crippen MR) is 62.8 cm³/mol. The minimum atomic E-state index is -0.859. The number of aliphatic hydroxyl groups is 2. The summed E-state index contributed by atoms with van der Waals surface area (Å²) in [6, 6.07) is 0.356. The Hall–Kier alpha value is -1.40. The maximum absolute atomic E-state index is 9.66. The molecule has 2 aliphatic rings. The Labute approximate surface area is 99.0 Å². The molecular formula is C11H16N4O2. The van der Waals surface area contributed by atoms with Crippen molar-refractivity contribution in [2.75, 3.05) is 11.9 Å². The molecule has 6 nitrogen and oxygen atoms in total. The van der Waals surface area contributed by atoms with Gasteiger partial charge in [0.2, 0.25) is 0 Å². The van der Waals surface area contributed by atoms with Crippen molar-refractivity contribution < 1.29 is 10.2 Å². The van der Waals surface area contributed by atoms with Gasteiger partial charge in [-0.05, 0) is 25.2 Å². The molecule has 3 N–H and O–H groups in total. The number of hydrogen-bond donors (Lipinski definition) is 3. The number of nitrogens with zero attached hydrogens (tertiary/aromatic N) is 3. The van der Waals surface area contributed by atoms with E-state index in [1.807, 2.05) is 0 Å². The zero-order valence-electron chi connectivity index (χ0n) is 9.45. The largest absolute Gasteiger partial charge is 0.396 e. The van der Waals surface area contributed by atoms with E-state index in [-0.39, 0.29) is 6.61 Å². The van der Waals surface area contributed by atoms with Crippen LogP contribution in [0.2, 0.25) is 0 Å². The van der Waals surface area contributed by atoms with Gasteiger partial charge >= 0.3 is 0 Å². The number of rotatable bonds is 2. The van der Waals surface area contributed by atoms with Crippen molar-refractivity contribution in [1.29, 1.82) is 0 Å². The Kier molecular flexibility index (Phi) is 2.60. The van der Waals surface area contributed by atoms with Crippen LogP contribution in [0.1, 0.15) is 37.2 Å². The Morgan fingerprint density at radius 2 is 2.35 bits per heavy atom. The van der Waals surface area contributed by atoms with Crippen molar-refractivity contribution in [1.82, 2.24) is 9.55 Å². The van der Waals surface area contributed by atoms with Gasteiger partial charge in [-0.1, -0.05) is 0 Å². The lowest BCUT2D eigenvalue weighted by Gasteiger charge is -2.19. The molecule has 0 radical (unpaired) electrons. The van der Waals surface area contributed by atoms with Gasteiger partial charge in [0.15, 0.2) is 6.23 Å². The fourth-order valence-electron chi connectivity index (χ4n) is 2.70. The zero-order chi connectivity index (χ0) is 11.8. The molecular weight excluding hydrogens is 220 g/mol. The van der Waals surface area contributed by atoms with Gasteiger partial charge < -0.3 is 20.1 Å². The number of imidazole rings is 1. The molecule has 3 atom stereocenters. The van der Waals surface area contributed by atoms with Crippen LogP contribution in [-0.4, -0.2) is 32.7 Å². The van der Waals surface area contributed by atoms with E-state index in [1.54, 1.807) is 6.33 Å². The van der Waals surface area contributed by atoms with Gasteiger partial charge in [0, 0.05) is 12.6 Å². The van der Waals surface area contributed by atoms with Crippen LogP contribution in [0.15, 0.2) is 11.3 Å². The summed E-state index contributed by atoms with van der Waals surface area (Å²) in [5.41, 5.74) is 0.583. The van der Waals surface area contributed by atoms with Crippen molar-refractivity contribution in [3.8, 4) is 0 Å². The summed E-state index contributed by atoms with van der Waals surface area (Å²) in [7, 11) is 0. The molecule has 0 bridgehead atoms. The van der Waals surface area contributed by atoms with E-state index in [2.05, 4.69) is 19.9 Å². The summed E-state index contributed by atoms with van der Waals surface area (Å²) in [5.74, 6) is 1.22. The van der Waals surface area contributed by atoms with Gasteiger partial charge in [-0.2, -0.15) is 0 Å². The first kappa shape index (κ1) is 10.7. The van der Waals surface area contributed by atoms with Gasteiger partial charge in [-0.15, -0.1) is 0 Å². The van der Waals surface area contributed by atoms with Crippen molar-refractivity contribution in [3.63, 3.8) is 0 Å². The van der Waals surface area contributed by atoms with Crippen LogP contribution in [0.3, 0.4) is 0 Å². The highest BCUT2D eigenvalue weighted by Gasteiger charge is 2.29. The number of aromatic nitrogens is 2. The van der Waals surface area contributed by atoms with E-state index >= 15 is 0 Å². The maximum atomic E-state index is 9.66. The second-order valence-electron chi connectivity index (χ2n) is 4.70. The molecule has 1 unspecified atom stereocenters. The predicted octanol–water partition coefficient (Wildman–Crippen LogP) is 0.661. The van der Waals surface area contributed by atoms with E-state index in [1.165, 1.54) is 6.34 Å². The normalized spacial score (nSPS) is 31.3. The smallest absolute Gasteiger partial charge is 0.193 e. The van der Waals surface area contributed by atoms with E-state index in [0.717, 1.165) is 25.1 Å². The molecule has 1 aliphatic carbocycles. The molecule has 0 amide bonds. The lowest BCUT2D eigenvalue weighted by atomic mass is 10.1. The lowest BCUT2D eigenvalue weighted by Crippen LogP contribution is -2.15. The SMILES string of the molecule is OC[C@@H]1CC[C@H](n2cnc3c2NC=NC3O)C1. The number of fused-ring (bicyclic) bond motifs is 1. The molecule has 0 saturated heterocycles. The van der Waals surface area contributed by atoms with Gasteiger partial charge in [-0.25, -0.2) is 9.98 Å². The highest BCUT2D eigenvalue weighted by atomic mass is 16.3. The molecule has 3 rings (SSSR count). The molecule has 2 heterocycles. The Bertz CT molecular complexity index is 443. The number of hydrogen-bond acceptors (Lipinski definition) is 5. The Morgan fingerprint density at radius 1 is 1.47 bits per heavy atom. The minimum Gasteiger partial charge on any atom is -0.396 e. The number of nitrogens with one attached hydrogen (secondary N) is 1. The van der Waals surface area contributed by atoms with Gasteiger partial charge in [0.1, 0.15) is 11.5 Å².